The lowest BCUT2D eigenvalue weighted by Crippen LogP contribution is -2.07. The van der Waals surface area contributed by atoms with Crippen LogP contribution in [0.25, 0.3) is 0 Å². The van der Waals surface area contributed by atoms with Gasteiger partial charge in [0.05, 0.1) is 11.2 Å². The van der Waals surface area contributed by atoms with Crippen LogP contribution in [-0.4, -0.2) is 20.2 Å². The number of anilines is 1. The molecule has 144 valence electrons. The molecular weight excluding hydrogens is 362 g/mol. The second-order valence-electron chi connectivity index (χ2n) is 6.48. The third kappa shape index (κ3) is 5.47. The number of nitrogens with one attached hydrogen (secondary N) is 1. The van der Waals surface area contributed by atoms with E-state index in [2.05, 4.69) is 34.9 Å². The summed E-state index contributed by atoms with van der Waals surface area (Å²) in [6, 6.07) is 1.50. The quantitative estimate of drug-likeness (QED) is 0.598. The van der Waals surface area contributed by atoms with Crippen molar-refractivity contribution in [2.75, 3.05) is 5.32 Å². The number of halogens is 1. The molecule has 1 heterocycles. The zero-order valence-electron chi connectivity index (χ0n) is 15.7. The number of phenolic OH excluding ortho intramolecular Hbond substituents is 2. The maximum atomic E-state index is 10.7. The first-order valence-electron chi connectivity index (χ1n) is 8.95. The molecular formula is C21H26ClN3O2. The predicted octanol–water partition coefficient (Wildman–Crippen LogP) is 5.56. The van der Waals surface area contributed by atoms with E-state index in [4.69, 9.17) is 11.6 Å². The SMILES string of the molecule is C=CC.CC1=CC(c2c(O)cc(Cl)c(CNc3cnccn3)c2O)CCC1. The van der Waals surface area contributed by atoms with E-state index >= 15 is 0 Å². The number of hydrogen-bond donors (Lipinski definition) is 3. The molecule has 1 aliphatic carbocycles. The molecule has 6 heteroatoms. The summed E-state index contributed by atoms with van der Waals surface area (Å²) in [5.41, 5.74) is 2.38. The molecule has 0 radical (unpaired) electrons. The van der Waals surface area contributed by atoms with E-state index in [-0.39, 0.29) is 17.4 Å². The van der Waals surface area contributed by atoms with Gasteiger partial charge in [-0.05, 0) is 39.2 Å². The third-order valence-electron chi connectivity index (χ3n) is 4.32. The van der Waals surface area contributed by atoms with Crippen LogP contribution in [0.3, 0.4) is 0 Å². The van der Waals surface area contributed by atoms with Gasteiger partial charge in [-0.25, -0.2) is 4.98 Å². The molecule has 1 aromatic carbocycles. The van der Waals surface area contributed by atoms with E-state index < -0.39 is 0 Å². The fourth-order valence-electron chi connectivity index (χ4n) is 3.12. The van der Waals surface area contributed by atoms with Gasteiger partial charge in [-0.2, -0.15) is 0 Å². The Morgan fingerprint density at radius 2 is 2.11 bits per heavy atom. The van der Waals surface area contributed by atoms with Gasteiger partial charge in [0.15, 0.2) is 0 Å². The Kier molecular flexibility index (Phi) is 7.67. The molecule has 2 aromatic rings. The smallest absolute Gasteiger partial charge is 0.144 e. The van der Waals surface area contributed by atoms with Gasteiger partial charge in [-0.1, -0.05) is 29.3 Å². The average molecular weight is 388 g/mol. The standard InChI is InChI=1S/C18H20ClN3O2.C3H6/c1-11-3-2-4-12(7-11)17-15(23)8-14(19)13(18(17)24)9-22-16-10-20-5-6-21-16;1-3-2/h5-8,10,12,23-24H,2-4,9H2,1H3,(H,21,22);3H,1H2,2H3. The highest BCUT2D eigenvalue weighted by Crippen LogP contribution is 2.44. The summed E-state index contributed by atoms with van der Waals surface area (Å²) < 4.78 is 0. The molecule has 5 nitrogen and oxygen atoms in total. The van der Waals surface area contributed by atoms with E-state index in [9.17, 15) is 10.2 Å². The highest BCUT2D eigenvalue weighted by molar-refractivity contribution is 6.31. The largest absolute Gasteiger partial charge is 0.507 e. The van der Waals surface area contributed by atoms with Crippen LogP contribution in [0.2, 0.25) is 5.02 Å². The second kappa shape index (κ2) is 9.97. The van der Waals surface area contributed by atoms with Gasteiger partial charge in [0.1, 0.15) is 17.3 Å². The summed E-state index contributed by atoms with van der Waals surface area (Å²) in [5.74, 6) is 0.686. The molecule has 27 heavy (non-hydrogen) atoms. The summed E-state index contributed by atoms with van der Waals surface area (Å²) in [5, 5.41) is 24.4. The molecule has 3 N–H and O–H groups in total. The van der Waals surface area contributed by atoms with Crippen molar-refractivity contribution in [2.45, 2.75) is 45.6 Å². The van der Waals surface area contributed by atoms with Gasteiger partial charge in [0.2, 0.25) is 0 Å². The lowest BCUT2D eigenvalue weighted by atomic mass is 9.84. The van der Waals surface area contributed by atoms with Crippen LogP contribution in [0.4, 0.5) is 5.82 Å². The number of hydrogen-bond acceptors (Lipinski definition) is 5. The molecule has 1 unspecified atom stereocenters. The minimum atomic E-state index is 0.00582. The maximum absolute atomic E-state index is 10.7. The van der Waals surface area contributed by atoms with Crippen LogP contribution in [0.1, 0.15) is 50.2 Å². The van der Waals surface area contributed by atoms with Crippen LogP contribution in [0.15, 0.2) is 49.0 Å². The van der Waals surface area contributed by atoms with Crippen molar-refractivity contribution >= 4 is 17.4 Å². The Hall–Kier alpha value is -2.53. The second-order valence-corrected chi connectivity index (χ2v) is 6.89. The van der Waals surface area contributed by atoms with Crippen molar-refractivity contribution in [2.24, 2.45) is 0 Å². The molecule has 0 aliphatic heterocycles. The van der Waals surface area contributed by atoms with E-state index in [0.717, 1.165) is 19.3 Å². The third-order valence-corrected chi connectivity index (χ3v) is 4.66. The van der Waals surface area contributed by atoms with Gasteiger partial charge in [0, 0.05) is 36.0 Å². The minimum absolute atomic E-state index is 0.00582. The summed E-state index contributed by atoms with van der Waals surface area (Å²) in [6.45, 7) is 7.62. The van der Waals surface area contributed by atoms with Gasteiger partial charge in [0.25, 0.3) is 0 Å². The summed E-state index contributed by atoms with van der Waals surface area (Å²) in [4.78, 5) is 8.12. The lowest BCUT2D eigenvalue weighted by molar-refractivity contribution is 0.425. The number of aromatic hydroxyl groups is 2. The number of phenols is 2. The molecule has 0 bridgehead atoms. The zero-order chi connectivity index (χ0) is 19.8. The van der Waals surface area contributed by atoms with Gasteiger partial charge < -0.3 is 15.5 Å². The molecule has 3 rings (SSSR count). The number of rotatable bonds is 4. The van der Waals surface area contributed by atoms with E-state index in [1.165, 1.54) is 11.6 Å². The van der Waals surface area contributed by atoms with Crippen molar-refractivity contribution in [1.82, 2.24) is 9.97 Å². The summed E-state index contributed by atoms with van der Waals surface area (Å²) >= 11 is 6.23. The van der Waals surface area contributed by atoms with Crippen molar-refractivity contribution in [3.63, 3.8) is 0 Å². The lowest BCUT2D eigenvalue weighted by Gasteiger charge is -2.23. The molecule has 0 amide bonds. The topological polar surface area (TPSA) is 78.3 Å². The normalized spacial score (nSPS) is 16.0. The molecule has 1 aromatic heterocycles. The number of nitrogens with zero attached hydrogens (tertiary/aromatic N) is 2. The molecule has 0 spiro atoms. The maximum Gasteiger partial charge on any atom is 0.144 e. The van der Waals surface area contributed by atoms with Crippen molar-refractivity contribution in [1.29, 1.82) is 0 Å². The van der Waals surface area contributed by atoms with Gasteiger partial charge in [-0.3, -0.25) is 4.98 Å². The van der Waals surface area contributed by atoms with Crippen LogP contribution in [-0.2, 0) is 6.54 Å². The first-order chi connectivity index (χ1) is 13.0. The average Bonchev–Trinajstić information content (AvgIpc) is 2.63. The monoisotopic (exact) mass is 387 g/mol. The first kappa shape index (κ1) is 20.8. The van der Waals surface area contributed by atoms with E-state index in [1.807, 2.05) is 6.92 Å². The number of allylic oxidation sites excluding steroid dienone is 3. The zero-order valence-corrected chi connectivity index (χ0v) is 16.5. The Balaban J connectivity index is 0.000000817. The number of benzene rings is 1. The van der Waals surface area contributed by atoms with Gasteiger partial charge in [-0.15, -0.1) is 6.58 Å². The van der Waals surface area contributed by atoms with Crippen molar-refractivity contribution < 1.29 is 10.2 Å². The predicted molar refractivity (Wildman–Crippen MR) is 110 cm³/mol. The molecule has 0 fully saturated rings. The fourth-order valence-corrected chi connectivity index (χ4v) is 3.38. The van der Waals surface area contributed by atoms with Crippen LogP contribution in [0.5, 0.6) is 11.5 Å². The van der Waals surface area contributed by atoms with Crippen LogP contribution >= 0.6 is 11.6 Å². The van der Waals surface area contributed by atoms with Crippen LogP contribution in [0, 0.1) is 0 Å². The molecule has 1 atom stereocenters. The minimum Gasteiger partial charge on any atom is -0.507 e. The Labute approximate surface area is 165 Å². The van der Waals surface area contributed by atoms with E-state index in [1.54, 1.807) is 24.7 Å². The van der Waals surface area contributed by atoms with Crippen molar-refractivity contribution in [3.8, 4) is 11.5 Å². The molecule has 1 aliphatic rings. The molecule has 0 saturated carbocycles. The number of aromatic nitrogens is 2. The Bertz CT molecular complexity index is 807. The van der Waals surface area contributed by atoms with E-state index in [0.29, 0.717) is 28.5 Å². The fraction of sp³-hybridized carbons (Fsp3) is 0.333. The summed E-state index contributed by atoms with van der Waals surface area (Å²) in [6.07, 6.45) is 11.6. The molecule has 0 saturated heterocycles. The van der Waals surface area contributed by atoms with Crippen LogP contribution < -0.4 is 5.32 Å². The first-order valence-corrected chi connectivity index (χ1v) is 9.33. The van der Waals surface area contributed by atoms with Gasteiger partial charge >= 0.3 is 0 Å². The highest BCUT2D eigenvalue weighted by Gasteiger charge is 2.24. The Morgan fingerprint density at radius 1 is 1.37 bits per heavy atom. The van der Waals surface area contributed by atoms with Crippen molar-refractivity contribution in [3.05, 3.63) is 65.1 Å². The Morgan fingerprint density at radius 3 is 2.74 bits per heavy atom. The summed E-state index contributed by atoms with van der Waals surface area (Å²) in [7, 11) is 0. The highest BCUT2D eigenvalue weighted by atomic mass is 35.5.